The fraction of sp³-hybridized carbons (Fsp3) is 0.714. The summed E-state index contributed by atoms with van der Waals surface area (Å²) in [5.74, 6) is 0.397. The lowest BCUT2D eigenvalue weighted by Gasteiger charge is -2.18. The molecule has 2 N–H and O–H groups in total. The zero-order valence-electron chi connectivity index (χ0n) is 7.51. The lowest BCUT2D eigenvalue weighted by Crippen LogP contribution is -2.22. The summed E-state index contributed by atoms with van der Waals surface area (Å²) in [5.41, 5.74) is 5.24. The van der Waals surface area contributed by atoms with Gasteiger partial charge in [-0.15, -0.1) is 0 Å². The van der Waals surface area contributed by atoms with Gasteiger partial charge in [-0.25, -0.2) is 8.42 Å². The van der Waals surface area contributed by atoms with E-state index in [1.165, 1.54) is 0 Å². The van der Waals surface area contributed by atoms with Crippen LogP contribution in [-0.2, 0) is 9.84 Å². The Hall–Kier alpha value is -1.11. The Labute approximate surface area is 81.4 Å². The van der Waals surface area contributed by atoms with E-state index in [1.54, 1.807) is 0 Å². The number of hydrogen-bond donors (Lipinski definition) is 1. The predicted molar refractivity (Wildman–Crippen MR) is 49.1 cm³/mol. The summed E-state index contributed by atoms with van der Waals surface area (Å²) in [7, 11) is -3.10. The molecule has 2 rings (SSSR count). The maximum atomic E-state index is 11.6. The molecule has 1 atom stereocenters. The van der Waals surface area contributed by atoms with Gasteiger partial charge in [0.2, 0.25) is 0 Å². The number of nitrogens with two attached hydrogens (primary N) is 1. The van der Waals surface area contributed by atoms with Crippen LogP contribution in [0.25, 0.3) is 0 Å². The molecular formula is C7H11N3O3S. The van der Waals surface area contributed by atoms with E-state index in [0.29, 0.717) is 12.8 Å². The first-order valence-corrected chi connectivity index (χ1v) is 6.12. The van der Waals surface area contributed by atoms with Crippen molar-refractivity contribution < 1.29 is 12.9 Å². The molecule has 1 unspecified atom stereocenters. The fourth-order valence-corrected chi connectivity index (χ4v) is 3.46. The number of anilines is 1. The van der Waals surface area contributed by atoms with Crippen molar-refractivity contribution in [2.24, 2.45) is 0 Å². The van der Waals surface area contributed by atoms with Gasteiger partial charge < -0.3 is 10.3 Å². The summed E-state index contributed by atoms with van der Waals surface area (Å²) >= 11 is 0. The smallest absolute Gasteiger partial charge is 0.318 e. The zero-order chi connectivity index (χ0) is 10.2. The summed E-state index contributed by atoms with van der Waals surface area (Å²) in [5, 5.41) is 2.92. The molecule has 1 aliphatic rings. The van der Waals surface area contributed by atoms with Gasteiger partial charge in [0.15, 0.2) is 15.7 Å². The maximum Gasteiger partial charge on any atom is 0.318 e. The Kier molecular flexibility index (Phi) is 2.18. The maximum absolute atomic E-state index is 11.6. The quantitative estimate of drug-likeness (QED) is 0.725. The number of nitrogen functional groups attached to an aromatic ring is 1. The minimum atomic E-state index is -3.10. The average Bonchev–Trinajstić information content (AvgIpc) is 2.51. The van der Waals surface area contributed by atoms with Crippen molar-refractivity contribution in [2.45, 2.75) is 24.5 Å². The Morgan fingerprint density at radius 3 is 2.79 bits per heavy atom. The molecule has 2 heterocycles. The van der Waals surface area contributed by atoms with Crippen LogP contribution in [0.1, 0.15) is 30.3 Å². The Morgan fingerprint density at radius 2 is 2.21 bits per heavy atom. The Bertz CT molecular complexity index is 425. The second-order valence-electron chi connectivity index (χ2n) is 3.34. The normalized spacial score (nSPS) is 26.1. The SMILES string of the molecule is Nc1nc(C2CCCCS2(=O)=O)no1. The third kappa shape index (κ3) is 1.59. The van der Waals surface area contributed by atoms with Gasteiger partial charge in [-0.1, -0.05) is 11.6 Å². The summed E-state index contributed by atoms with van der Waals surface area (Å²) < 4.78 is 27.8. The van der Waals surface area contributed by atoms with Gasteiger partial charge in [0.25, 0.3) is 0 Å². The van der Waals surface area contributed by atoms with Crippen molar-refractivity contribution in [3.63, 3.8) is 0 Å². The van der Waals surface area contributed by atoms with Crippen molar-refractivity contribution in [2.75, 3.05) is 11.5 Å². The molecule has 0 aromatic carbocycles. The second kappa shape index (κ2) is 3.23. The van der Waals surface area contributed by atoms with Gasteiger partial charge >= 0.3 is 6.01 Å². The van der Waals surface area contributed by atoms with Crippen molar-refractivity contribution >= 4 is 15.9 Å². The zero-order valence-corrected chi connectivity index (χ0v) is 8.33. The molecular weight excluding hydrogens is 206 g/mol. The van der Waals surface area contributed by atoms with Crippen LogP contribution in [0.2, 0.25) is 0 Å². The van der Waals surface area contributed by atoms with Gasteiger partial charge in [-0.2, -0.15) is 4.98 Å². The molecule has 14 heavy (non-hydrogen) atoms. The molecule has 0 amide bonds. The Morgan fingerprint density at radius 1 is 1.43 bits per heavy atom. The van der Waals surface area contributed by atoms with Crippen molar-refractivity contribution in [1.29, 1.82) is 0 Å². The van der Waals surface area contributed by atoms with Gasteiger partial charge in [-0.05, 0) is 12.8 Å². The van der Waals surface area contributed by atoms with E-state index in [-0.39, 0.29) is 17.6 Å². The molecule has 0 bridgehead atoms. The lowest BCUT2D eigenvalue weighted by atomic mass is 10.2. The van der Waals surface area contributed by atoms with E-state index >= 15 is 0 Å². The number of nitrogens with zero attached hydrogens (tertiary/aromatic N) is 2. The standard InChI is InChI=1S/C7H11N3O3S/c8-7-9-6(10-13-7)5-3-1-2-4-14(5,11)12/h5H,1-4H2,(H2,8,9,10). The fourth-order valence-electron chi connectivity index (χ4n) is 1.62. The molecule has 1 aromatic rings. The molecule has 1 aromatic heterocycles. The molecule has 0 spiro atoms. The molecule has 1 fully saturated rings. The summed E-state index contributed by atoms with van der Waals surface area (Å²) in [6.07, 6.45) is 2.14. The molecule has 0 saturated carbocycles. The van der Waals surface area contributed by atoms with E-state index < -0.39 is 15.1 Å². The number of rotatable bonds is 1. The van der Waals surface area contributed by atoms with Crippen LogP contribution < -0.4 is 5.73 Å². The number of sulfone groups is 1. The monoisotopic (exact) mass is 217 g/mol. The highest BCUT2D eigenvalue weighted by atomic mass is 32.2. The third-order valence-corrected chi connectivity index (χ3v) is 4.50. The first-order valence-electron chi connectivity index (χ1n) is 4.40. The highest BCUT2D eigenvalue weighted by molar-refractivity contribution is 7.91. The van der Waals surface area contributed by atoms with Crippen LogP contribution in [0.3, 0.4) is 0 Å². The van der Waals surface area contributed by atoms with Gasteiger partial charge in [-0.3, -0.25) is 0 Å². The first kappa shape index (κ1) is 9.45. The summed E-state index contributed by atoms with van der Waals surface area (Å²) in [6.45, 7) is 0. The highest BCUT2D eigenvalue weighted by Crippen LogP contribution is 2.31. The minimum absolute atomic E-state index is 0.0826. The lowest BCUT2D eigenvalue weighted by molar-refractivity contribution is 0.421. The van der Waals surface area contributed by atoms with Crippen LogP contribution in [0, 0.1) is 0 Å². The van der Waals surface area contributed by atoms with Crippen molar-refractivity contribution in [3.05, 3.63) is 5.82 Å². The van der Waals surface area contributed by atoms with Crippen LogP contribution in [-0.4, -0.2) is 24.3 Å². The molecule has 6 nitrogen and oxygen atoms in total. The highest BCUT2D eigenvalue weighted by Gasteiger charge is 2.33. The van der Waals surface area contributed by atoms with Crippen LogP contribution in [0.4, 0.5) is 6.01 Å². The summed E-state index contributed by atoms with van der Waals surface area (Å²) in [4.78, 5) is 3.75. The first-order chi connectivity index (χ1) is 6.59. The molecule has 0 aliphatic carbocycles. The molecule has 78 valence electrons. The third-order valence-electron chi connectivity index (χ3n) is 2.32. The van der Waals surface area contributed by atoms with E-state index in [2.05, 4.69) is 14.7 Å². The number of aromatic nitrogens is 2. The minimum Gasteiger partial charge on any atom is -0.351 e. The van der Waals surface area contributed by atoms with Crippen LogP contribution in [0.5, 0.6) is 0 Å². The van der Waals surface area contributed by atoms with Gasteiger partial charge in [0, 0.05) is 0 Å². The van der Waals surface area contributed by atoms with Gasteiger partial charge in [0.05, 0.1) is 5.75 Å². The Balaban J connectivity index is 2.33. The molecule has 0 radical (unpaired) electrons. The second-order valence-corrected chi connectivity index (χ2v) is 5.65. The van der Waals surface area contributed by atoms with E-state index in [1.807, 2.05) is 0 Å². The van der Waals surface area contributed by atoms with E-state index in [4.69, 9.17) is 5.73 Å². The summed E-state index contributed by atoms with van der Waals surface area (Å²) in [6, 6.07) is -0.0826. The van der Waals surface area contributed by atoms with Gasteiger partial charge in [0.1, 0.15) is 5.25 Å². The van der Waals surface area contributed by atoms with E-state index in [0.717, 1.165) is 6.42 Å². The topological polar surface area (TPSA) is 99.1 Å². The van der Waals surface area contributed by atoms with Crippen LogP contribution in [0.15, 0.2) is 4.52 Å². The number of hydrogen-bond acceptors (Lipinski definition) is 6. The average molecular weight is 217 g/mol. The molecule has 7 heteroatoms. The molecule has 1 aliphatic heterocycles. The predicted octanol–water partition coefficient (Wildman–Crippen LogP) is 0.292. The largest absolute Gasteiger partial charge is 0.351 e. The molecule has 1 saturated heterocycles. The van der Waals surface area contributed by atoms with Crippen molar-refractivity contribution in [3.8, 4) is 0 Å². The van der Waals surface area contributed by atoms with Crippen LogP contribution >= 0.6 is 0 Å². The van der Waals surface area contributed by atoms with E-state index in [9.17, 15) is 8.42 Å². The van der Waals surface area contributed by atoms with Crippen molar-refractivity contribution in [1.82, 2.24) is 10.1 Å².